The van der Waals surface area contributed by atoms with Crippen molar-refractivity contribution < 1.29 is 9.47 Å². The fraction of sp³-hybridized carbons (Fsp3) is 0.438. The van der Waals surface area contributed by atoms with Crippen molar-refractivity contribution in [3.05, 3.63) is 29.3 Å². The molecular weight excluding hydrogens is 284 g/mol. The van der Waals surface area contributed by atoms with Crippen molar-refractivity contribution in [2.24, 2.45) is 0 Å². The van der Waals surface area contributed by atoms with Crippen LogP contribution in [0.25, 0.3) is 10.6 Å². The summed E-state index contributed by atoms with van der Waals surface area (Å²) in [5.74, 6) is 1.65. The summed E-state index contributed by atoms with van der Waals surface area (Å²) in [6.07, 6.45) is 2.87. The van der Waals surface area contributed by atoms with Crippen molar-refractivity contribution >= 4 is 11.3 Å². The van der Waals surface area contributed by atoms with E-state index in [4.69, 9.17) is 9.47 Å². The van der Waals surface area contributed by atoms with Crippen LogP contribution in [0.5, 0.6) is 11.5 Å². The molecule has 0 aliphatic carbocycles. The second kappa shape index (κ2) is 6.45. The Bertz CT molecular complexity index is 610. The smallest absolute Gasteiger partial charge is 0.161 e. The lowest BCUT2D eigenvalue weighted by Crippen LogP contribution is -2.21. The van der Waals surface area contributed by atoms with Gasteiger partial charge in [-0.2, -0.15) is 0 Å². The molecule has 3 rings (SSSR count). The average molecular weight is 304 g/mol. The van der Waals surface area contributed by atoms with Crippen molar-refractivity contribution in [2.45, 2.75) is 32.9 Å². The van der Waals surface area contributed by atoms with Crippen LogP contribution in [0, 0.1) is 0 Å². The summed E-state index contributed by atoms with van der Waals surface area (Å²) in [5, 5.41) is 4.43. The first-order valence-electron chi connectivity index (χ1n) is 7.30. The summed E-state index contributed by atoms with van der Waals surface area (Å²) in [7, 11) is 0. The fourth-order valence-electron chi connectivity index (χ4n) is 2.12. The van der Waals surface area contributed by atoms with Gasteiger partial charge >= 0.3 is 0 Å². The molecule has 1 aliphatic heterocycles. The van der Waals surface area contributed by atoms with Crippen molar-refractivity contribution in [3.8, 4) is 22.1 Å². The zero-order chi connectivity index (χ0) is 14.7. The number of nitrogens with one attached hydrogen (secondary N) is 1. The van der Waals surface area contributed by atoms with E-state index in [0.717, 1.165) is 35.0 Å². The molecule has 2 heterocycles. The zero-order valence-electron chi connectivity index (χ0n) is 12.4. The summed E-state index contributed by atoms with van der Waals surface area (Å²) in [5.41, 5.74) is 1.08. The molecule has 0 fully saturated rings. The third kappa shape index (κ3) is 3.54. The Morgan fingerprint density at radius 3 is 2.86 bits per heavy atom. The number of nitrogens with zero attached hydrogens (tertiary/aromatic N) is 1. The Balaban J connectivity index is 1.79. The van der Waals surface area contributed by atoms with Crippen LogP contribution in [-0.4, -0.2) is 24.2 Å². The van der Waals surface area contributed by atoms with Crippen LogP contribution >= 0.6 is 11.3 Å². The van der Waals surface area contributed by atoms with E-state index in [1.807, 2.05) is 24.4 Å². The molecular formula is C16H20N2O2S. The van der Waals surface area contributed by atoms with Crippen LogP contribution in [0.15, 0.2) is 24.4 Å². The van der Waals surface area contributed by atoms with Crippen molar-refractivity contribution in [2.75, 3.05) is 13.2 Å². The normalized spacial score (nSPS) is 14.2. The number of benzene rings is 1. The third-order valence-corrected chi connectivity index (χ3v) is 4.28. The Morgan fingerprint density at radius 1 is 1.24 bits per heavy atom. The Hall–Kier alpha value is -1.59. The standard InChI is InChI=1S/C16H20N2O2S/c1-11(2)17-9-13-10-18-16(21-13)12-4-5-14-15(8-12)20-7-3-6-19-14/h4-5,8,10-11,17H,3,6-7,9H2,1-2H3. The Kier molecular flexibility index (Phi) is 4.41. The topological polar surface area (TPSA) is 43.4 Å². The second-order valence-corrected chi connectivity index (χ2v) is 6.49. The van der Waals surface area contributed by atoms with Gasteiger partial charge in [-0.25, -0.2) is 4.98 Å². The van der Waals surface area contributed by atoms with E-state index < -0.39 is 0 Å². The van der Waals surface area contributed by atoms with Crippen molar-refractivity contribution in [3.63, 3.8) is 0 Å². The van der Waals surface area contributed by atoms with Gasteiger partial charge in [-0.1, -0.05) is 13.8 Å². The van der Waals surface area contributed by atoms with Gasteiger partial charge in [-0.15, -0.1) is 11.3 Å². The van der Waals surface area contributed by atoms with E-state index in [-0.39, 0.29) is 0 Å². The molecule has 0 amide bonds. The molecule has 21 heavy (non-hydrogen) atoms. The first kappa shape index (κ1) is 14.4. The number of hydrogen-bond acceptors (Lipinski definition) is 5. The first-order chi connectivity index (χ1) is 10.2. The zero-order valence-corrected chi connectivity index (χ0v) is 13.2. The maximum atomic E-state index is 5.74. The number of rotatable bonds is 4. The minimum atomic E-state index is 0.480. The third-order valence-electron chi connectivity index (χ3n) is 3.23. The molecule has 1 aromatic heterocycles. The van der Waals surface area contributed by atoms with Gasteiger partial charge in [0.15, 0.2) is 11.5 Å². The first-order valence-corrected chi connectivity index (χ1v) is 8.12. The number of hydrogen-bond donors (Lipinski definition) is 1. The molecule has 0 bridgehead atoms. The highest BCUT2D eigenvalue weighted by Gasteiger charge is 2.13. The summed E-state index contributed by atoms with van der Waals surface area (Å²) < 4.78 is 11.4. The largest absolute Gasteiger partial charge is 0.490 e. The molecule has 0 radical (unpaired) electrons. The van der Waals surface area contributed by atoms with Crippen LogP contribution in [-0.2, 0) is 6.54 Å². The summed E-state index contributed by atoms with van der Waals surface area (Å²) in [6.45, 7) is 6.57. The fourth-order valence-corrected chi connectivity index (χ4v) is 2.98. The molecule has 1 N–H and O–H groups in total. The minimum Gasteiger partial charge on any atom is -0.490 e. The van der Waals surface area contributed by atoms with E-state index in [2.05, 4.69) is 24.1 Å². The molecule has 0 saturated carbocycles. The van der Waals surface area contributed by atoms with E-state index in [1.165, 1.54) is 4.88 Å². The average Bonchev–Trinajstić information content (AvgIpc) is 2.82. The molecule has 2 aromatic rings. The molecule has 1 aliphatic rings. The maximum Gasteiger partial charge on any atom is 0.161 e. The molecule has 112 valence electrons. The Morgan fingerprint density at radius 2 is 2.05 bits per heavy atom. The molecule has 0 unspecified atom stereocenters. The summed E-state index contributed by atoms with van der Waals surface area (Å²) in [6, 6.07) is 6.53. The lowest BCUT2D eigenvalue weighted by molar-refractivity contribution is 0.297. The van der Waals surface area contributed by atoms with Crippen LogP contribution in [0.3, 0.4) is 0 Å². The highest BCUT2D eigenvalue weighted by atomic mass is 32.1. The number of thiazole rings is 1. The molecule has 0 atom stereocenters. The van der Waals surface area contributed by atoms with Gasteiger partial charge in [-0.05, 0) is 18.2 Å². The molecule has 4 nitrogen and oxygen atoms in total. The van der Waals surface area contributed by atoms with E-state index >= 15 is 0 Å². The number of aromatic nitrogens is 1. The summed E-state index contributed by atoms with van der Waals surface area (Å²) in [4.78, 5) is 5.76. The number of ether oxygens (including phenoxy) is 2. The van der Waals surface area contributed by atoms with Crippen molar-refractivity contribution in [1.29, 1.82) is 0 Å². The second-order valence-electron chi connectivity index (χ2n) is 5.38. The predicted molar refractivity (Wildman–Crippen MR) is 85.1 cm³/mol. The van der Waals surface area contributed by atoms with Gasteiger partial charge in [0, 0.05) is 35.6 Å². The SMILES string of the molecule is CC(C)NCc1cnc(-c2ccc3c(c2)OCCCO3)s1. The molecule has 0 saturated heterocycles. The predicted octanol–water partition coefficient (Wildman–Crippen LogP) is 3.47. The van der Waals surface area contributed by atoms with Crippen molar-refractivity contribution in [1.82, 2.24) is 10.3 Å². The van der Waals surface area contributed by atoms with Gasteiger partial charge in [-0.3, -0.25) is 0 Å². The summed E-state index contributed by atoms with van der Waals surface area (Å²) >= 11 is 1.71. The van der Waals surface area contributed by atoms with Gasteiger partial charge in [0.25, 0.3) is 0 Å². The van der Waals surface area contributed by atoms with E-state index in [1.54, 1.807) is 11.3 Å². The van der Waals surface area contributed by atoms with Gasteiger partial charge < -0.3 is 14.8 Å². The van der Waals surface area contributed by atoms with Gasteiger partial charge in [0.1, 0.15) is 5.01 Å². The van der Waals surface area contributed by atoms with Gasteiger partial charge in [0.2, 0.25) is 0 Å². The number of fused-ring (bicyclic) bond motifs is 1. The highest BCUT2D eigenvalue weighted by molar-refractivity contribution is 7.15. The van der Waals surface area contributed by atoms with Crippen LogP contribution < -0.4 is 14.8 Å². The lowest BCUT2D eigenvalue weighted by atomic mass is 10.2. The molecule has 0 spiro atoms. The Labute approximate surface area is 129 Å². The maximum absolute atomic E-state index is 5.74. The highest BCUT2D eigenvalue weighted by Crippen LogP contribution is 2.35. The van der Waals surface area contributed by atoms with Crippen LogP contribution in [0.2, 0.25) is 0 Å². The van der Waals surface area contributed by atoms with E-state index in [0.29, 0.717) is 19.3 Å². The monoisotopic (exact) mass is 304 g/mol. The van der Waals surface area contributed by atoms with Crippen LogP contribution in [0.1, 0.15) is 25.1 Å². The molecule has 5 heteroatoms. The quantitative estimate of drug-likeness (QED) is 0.939. The minimum absolute atomic E-state index is 0.480. The van der Waals surface area contributed by atoms with Gasteiger partial charge in [0.05, 0.1) is 13.2 Å². The van der Waals surface area contributed by atoms with Crippen LogP contribution in [0.4, 0.5) is 0 Å². The lowest BCUT2D eigenvalue weighted by Gasteiger charge is -2.08. The molecule has 1 aromatic carbocycles. The van der Waals surface area contributed by atoms with E-state index in [9.17, 15) is 0 Å².